The molecule has 14 heteroatoms. The van der Waals surface area contributed by atoms with E-state index in [9.17, 15) is 9.59 Å². The second kappa shape index (κ2) is 17.1. The maximum absolute atomic E-state index is 13.1. The summed E-state index contributed by atoms with van der Waals surface area (Å²) in [6.45, 7) is 10.8. The zero-order valence-electron chi connectivity index (χ0n) is 27.0. The number of hydrogen-bond donors (Lipinski definition) is 3. The molecule has 0 radical (unpaired) electrons. The Bertz CT molecular complexity index is 1730. The molecule has 3 amide bonds. The highest BCUT2D eigenvalue weighted by Gasteiger charge is 2.22. The number of hydrogen-bond acceptors (Lipinski definition) is 8. The van der Waals surface area contributed by atoms with Crippen LogP contribution >= 0.6 is 23.2 Å². The number of nitrogens with zero attached hydrogens (tertiary/aromatic N) is 4. The van der Waals surface area contributed by atoms with Crippen molar-refractivity contribution in [1.82, 2.24) is 20.1 Å². The molecule has 0 spiro atoms. The van der Waals surface area contributed by atoms with E-state index >= 15 is 0 Å². The summed E-state index contributed by atoms with van der Waals surface area (Å²) in [5.41, 5.74) is 2.11. The molecular formula is C33H37Cl2N7O5. The van der Waals surface area contributed by atoms with Crippen molar-refractivity contribution in [1.29, 1.82) is 0 Å². The first-order chi connectivity index (χ1) is 22.4. The summed E-state index contributed by atoms with van der Waals surface area (Å²) in [4.78, 5) is 41.5. The number of halogens is 2. The zero-order valence-corrected chi connectivity index (χ0v) is 28.5. The van der Waals surface area contributed by atoms with E-state index in [1.54, 1.807) is 49.2 Å². The Labute approximate surface area is 283 Å². The number of rotatable bonds is 10. The van der Waals surface area contributed by atoms with E-state index in [0.29, 0.717) is 36.1 Å². The van der Waals surface area contributed by atoms with Crippen LogP contribution in [0.4, 0.5) is 16.3 Å². The molecular weight excluding hydrogens is 645 g/mol. The fourth-order valence-corrected chi connectivity index (χ4v) is 4.37. The lowest BCUT2D eigenvalue weighted by atomic mass is 9.92. The predicted molar refractivity (Wildman–Crippen MR) is 183 cm³/mol. The number of carbonyl (C=O) groups is 2. The maximum Gasteiger partial charge on any atom is 0.324 e. The third-order valence-corrected chi connectivity index (χ3v) is 7.15. The molecule has 4 aromatic rings. The molecule has 2 aromatic heterocycles. The first kappa shape index (κ1) is 36.6. The smallest absolute Gasteiger partial charge is 0.324 e. The second-order valence-corrected chi connectivity index (χ2v) is 11.6. The van der Waals surface area contributed by atoms with E-state index in [1.165, 1.54) is 6.08 Å². The van der Waals surface area contributed by atoms with E-state index in [0.717, 1.165) is 11.4 Å². The van der Waals surface area contributed by atoms with Gasteiger partial charge in [-0.25, -0.2) is 19.3 Å². The molecule has 2 aromatic carbocycles. The Hall–Kier alpha value is -4.90. The van der Waals surface area contributed by atoms with Crippen molar-refractivity contribution < 1.29 is 23.9 Å². The van der Waals surface area contributed by atoms with Gasteiger partial charge in [0, 0.05) is 36.8 Å². The lowest BCUT2D eigenvalue weighted by Gasteiger charge is -2.14. The Kier molecular flexibility index (Phi) is 13.3. The molecule has 0 fully saturated rings. The van der Waals surface area contributed by atoms with Crippen LogP contribution < -0.4 is 25.4 Å². The number of urea groups is 1. The minimum absolute atomic E-state index is 0.0972. The Morgan fingerprint density at radius 3 is 2.30 bits per heavy atom. The first-order valence-electron chi connectivity index (χ1n) is 14.6. The van der Waals surface area contributed by atoms with Crippen LogP contribution in [0.3, 0.4) is 0 Å². The van der Waals surface area contributed by atoms with E-state index in [4.69, 9.17) is 42.6 Å². The van der Waals surface area contributed by atoms with Crippen LogP contribution in [-0.4, -0.2) is 53.0 Å². The summed E-state index contributed by atoms with van der Waals surface area (Å²) in [5.74, 6) is 1.73. The van der Waals surface area contributed by atoms with Gasteiger partial charge in [0.2, 0.25) is 12.0 Å². The molecule has 0 atom stereocenters. The molecule has 0 unspecified atom stereocenters. The summed E-state index contributed by atoms with van der Waals surface area (Å²) < 4.78 is 12.8. The van der Waals surface area contributed by atoms with Gasteiger partial charge in [-0.3, -0.25) is 15.1 Å². The van der Waals surface area contributed by atoms with Crippen molar-refractivity contribution in [3.63, 3.8) is 0 Å². The normalized spacial score (nSPS) is 10.6. The van der Waals surface area contributed by atoms with Gasteiger partial charge in [-0.15, -0.1) is 0 Å². The zero-order chi connectivity index (χ0) is 34.6. The number of methoxy groups -OCH3 is 1. The van der Waals surface area contributed by atoms with Gasteiger partial charge in [0.25, 0.3) is 0 Å². The number of anilines is 2. The molecule has 4 rings (SSSR count). The molecule has 0 aliphatic heterocycles. The number of carbonyl (C=O) groups excluding carboxylic acids is 3. The van der Waals surface area contributed by atoms with Crippen molar-refractivity contribution >= 4 is 52.7 Å². The Morgan fingerprint density at radius 2 is 1.70 bits per heavy atom. The first-order valence-corrected chi connectivity index (χ1v) is 15.4. The third-order valence-electron chi connectivity index (χ3n) is 6.29. The lowest BCUT2D eigenvalue weighted by Crippen LogP contribution is -2.24. The predicted octanol–water partition coefficient (Wildman–Crippen LogP) is 7.34. The molecule has 0 aliphatic rings. The van der Waals surface area contributed by atoms with Gasteiger partial charge in [0.05, 0.1) is 41.3 Å². The van der Waals surface area contributed by atoms with Gasteiger partial charge in [0.1, 0.15) is 28.1 Å². The molecule has 2 heterocycles. The van der Waals surface area contributed by atoms with Crippen molar-refractivity contribution in [3.8, 4) is 22.9 Å². The highest BCUT2D eigenvalue weighted by Crippen LogP contribution is 2.39. The fourth-order valence-electron chi connectivity index (χ4n) is 3.97. The van der Waals surface area contributed by atoms with Crippen LogP contribution in [0.2, 0.25) is 10.0 Å². The monoisotopic (exact) mass is 681 g/mol. The minimum Gasteiger partial charge on any atom is -0.497 e. The Balaban J connectivity index is 0.00000111. The van der Waals surface area contributed by atoms with Crippen molar-refractivity contribution in [2.45, 2.75) is 46.5 Å². The number of benzene rings is 2. The highest BCUT2D eigenvalue weighted by molar-refractivity contribution is 6.45. The molecule has 12 nitrogen and oxygen atoms in total. The van der Waals surface area contributed by atoms with Crippen LogP contribution in [0.15, 0.2) is 65.8 Å². The quantitative estimate of drug-likeness (QED) is 0.117. The van der Waals surface area contributed by atoms with Gasteiger partial charge < -0.3 is 20.1 Å². The number of ether oxygens (including phenoxy) is 2. The van der Waals surface area contributed by atoms with Gasteiger partial charge in [0.15, 0.2) is 0 Å². The number of aromatic nitrogens is 3. The Morgan fingerprint density at radius 1 is 0.979 bits per heavy atom. The summed E-state index contributed by atoms with van der Waals surface area (Å²) in [6, 6.07) is 15.1. The van der Waals surface area contributed by atoms with Gasteiger partial charge in [-0.05, 0) is 56.3 Å². The molecule has 3 N–H and O–H groups in total. The minimum atomic E-state index is -0.541. The highest BCUT2D eigenvalue weighted by atomic mass is 35.5. The molecule has 248 valence electrons. The molecule has 47 heavy (non-hydrogen) atoms. The fraction of sp³-hybridized carbons (Fsp3) is 0.303. The summed E-state index contributed by atoms with van der Waals surface area (Å²) in [7, 11) is 1.60. The van der Waals surface area contributed by atoms with Crippen molar-refractivity contribution in [2.24, 2.45) is 4.99 Å². The van der Waals surface area contributed by atoms with Crippen LogP contribution in [0.25, 0.3) is 5.69 Å². The standard InChI is InChI=1S/C30H32Cl2N6O4.C3H5NO/c1-6-33-26(39)16-18-15-21(13-14-34-18)42-23-12-11-22(27(31)28(23)32)35-29(40)36-25-17-24(30(2,3)4)37-38(25)19-7-9-20(41-5)10-8-19;1-2-4-3-5/h7-15,17H,6,16H2,1-5H3,(H,33,39)(H2,35,36,40);2H2,1H3. The molecule has 0 aliphatic carbocycles. The van der Waals surface area contributed by atoms with E-state index < -0.39 is 6.03 Å². The number of likely N-dealkylation sites (N-methyl/N-ethyl adjacent to an activating group) is 1. The topological polar surface area (TPSA) is 149 Å². The molecule has 0 saturated heterocycles. The summed E-state index contributed by atoms with van der Waals surface area (Å²) in [6.07, 6.45) is 3.05. The maximum atomic E-state index is 13.1. The number of isocyanates is 1. The van der Waals surface area contributed by atoms with Gasteiger partial charge in [-0.1, -0.05) is 44.0 Å². The van der Waals surface area contributed by atoms with E-state index in [2.05, 4.69) is 25.9 Å². The molecule has 0 bridgehead atoms. The number of nitrogens with one attached hydrogen (secondary N) is 3. The second-order valence-electron chi connectivity index (χ2n) is 10.9. The average molecular weight is 683 g/mol. The third kappa shape index (κ3) is 10.6. The number of amides is 3. The van der Waals surface area contributed by atoms with Crippen LogP contribution in [0, 0.1) is 0 Å². The largest absolute Gasteiger partial charge is 0.497 e. The van der Waals surface area contributed by atoms with Crippen LogP contribution in [0.5, 0.6) is 17.2 Å². The van der Waals surface area contributed by atoms with Gasteiger partial charge >= 0.3 is 6.03 Å². The van der Waals surface area contributed by atoms with Gasteiger partial charge in [-0.2, -0.15) is 5.10 Å². The molecule has 0 saturated carbocycles. The van der Waals surface area contributed by atoms with E-state index in [1.807, 2.05) is 58.0 Å². The van der Waals surface area contributed by atoms with Crippen LogP contribution in [-0.2, 0) is 21.4 Å². The number of pyridine rings is 1. The lowest BCUT2D eigenvalue weighted by molar-refractivity contribution is -0.120. The summed E-state index contributed by atoms with van der Waals surface area (Å²) in [5, 5.41) is 13.3. The average Bonchev–Trinajstić information content (AvgIpc) is 3.46. The van der Waals surface area contributed by atoms with E-state index in [-0.39, 0.29) is 39.2 Å². The SMILES string of the molecule is CCN=C=O.CCNC(=O)Cc1cc(Oc2ccc(NC(=O)Nc3cc(C(C)(C)C)nn3-c3ccc(OC)cc3)c(Cl)c2Cl)ccn1. The number of aliphatic imine (C=N–C) groups is 1. The van der Waals surface area contributed by atoms with Crippen LogP contribution in [0.1, 0.15) is 46.0 Å². The van der Waals surface area contributed by atoms with Crippen molar-refractivity contribution in [2.75, 3.05) is 30.8 Å². The van der Waals surface area contributed by atoms with Crippen molar-refractivity contribution in [3.05, 3.63) is 82.2 Å². The summed E-state index contributed by atoms with van der Waals surface area (Å²) >= 11 is 13.0.